The van der Waals surface area contributed by atoms with Crippen molar-refractivity contribution in [1.82, 2.24) is 5.32 Å². The molecule has 2 aromatic carbocycles. The molecule has 2 N–H and O–H groups in total. The standard InChI is InChI=1S/C19H20F2N2O4/c1-3-26-19(25)23-15-8-4-7-14(10-15)17(24)22-12(2)13-6-5-9-16(11-13)27-18(20)21/h4-12,18H,3H2,1-2H3,(H,22,24)(H,23,25). The molecular weight excluding hydrogens is 358 g/mol. The van der Waals surface area contributed by atoms with Gasteiger partial charge in [-0.15, -0.1) is 0 Å². The van der Waals surface area contributed by atoms with Gasteiger partial charge < -0.3 is 14.8 Å². The zero-order valence-electron chi connectivity index (χ0n) is 14.9. The van der Waals surface area contributed by atoms with E-state index in [1.165, 1.54) is 18.2 Å². The highest BCUT2D eigenvalue weighted by atomic mass is 19.3. The first-order valence-electron chi connectivity index (χ1n) is 8.28. The molecule has 0 aliphatic carbocycles. The summed E-state index contributed by atoms with van der Waals surface area (Å²) in [6, 6.07) is 12.0. The van der Waals surface area contributed by atoms with Crippen LogP contribution in [0, 0.1) is 0 Å². The van der Waals surface area contributed by atoms with Gasteiger partial charge in [0.2, 0.25) is 0 Å². The minimum Gasteiger partial charge on any atom is -0.450 e. The first kappa shape index (κ1) is 20.2. The summed E-state index contributed by atoms with van der Waals surface area (Å²) in [7, 11) is 0. The third-order valence-corrected chi connectivity index (χ3v) is 3.58. The molecule has 0 aliphatic rings. The molecule has 2 aromatic rings. The van der Waals surface area contributed by atoms with Crippen molar-refractivity contribution < 1.29 is 27.8 Å². The Hall–Kier alpha value is -3.16. The predicted octanol–water partition coefficient (Wildman–Crippen LogP) is 4.35. The van der Waals surface area contributed by atoms with E-state index in [1.807, 2.05) is 0 Å². The summed E-state index contributed by atoms with van der Waals surface area (Å²) in [4.78, 5) is 23.9. The maximum absolute atomic E-state index is 12.4. The normalized spacial score (nSPS) is 11.6. The highest BCUT2D eigenvalue weighted by Gasteiger charge is 2.14. The van der Waals surface area contributed by atoms with Crippen molar-refractivity contribution in [3.63, 3.8) is 0 Å². The molecule has 0 saturated heterocycles. The van der Waals surface area contributed by atoms with Gasteiger partial charge in [0.25, 0.3) is 5.91 Å². The van der Waals surface area contributed by atoms with E-state index in [0.717, 1.165) is 0 Å². The lowest BCUT2D eigenvalue weighted by Gasteiger charge is -2.16. The number of hydrogen-bond acceptors (Lipinski definition) is 4. The number of benzene rings is 2. The minimum atomic E-state index is -2.92. The van der Waals surface area contributed by atoms with Crippen LogP contribution in [0.4, 0.5) is 19.3 Å². The lowest BCUT2D eigenvalue weighted by molar-refractivity contribution is -0.0499. The second kappa shape index (κ2) is 9.51. The number of ether oxygens (including phenoxy) is 2. The number of carbonyl (C=O) groups excluding carboxylic acids is 2. The number of carbonyl (C=O) groups is 2. The van der Waals surface area contributed by atoms with E-state index in [4.69, 9.17) is 4.74 Å². The summed E-state index contributed by atoms with van der Waals surface area (Å²) in [5.74, 6) is -0.362. The molecule has 2 rings (SSSR count). The summed E-state index contributed by atoms with van der Waals surface area (Å²) in [6.07, 6.45) is -0.612. The summed E-state index contributed by atoms with van der Waals surface area (Å²) in [6.45, 7) is 0.726. The summed E-state index contributed by atoms with van der Waals surface area (Å²) >= 11 is 0. The van der Waals surface area contributed by atoms with Gasteiger partial charge in [0, 0.05) is 11.3 Å². The van der Waals surface area contributed by atoms with Crippen molar-refractivity contribution >= 4 is 17.7 Å². The highest BCUT2D eigenvalue weighted by Crippen LogP contribution is 2.21. The first-order valence-corrected chi connectivity index (χ1v) is 8.28. The molecule has 0 aromatic heterocycles. The SMILES string of the molecule is CCOC(=O)Nc1cccc(C(=O)NC(C)c2cccc(OC(F)F)c2)c1. The average molecular weight is 378 g/mol. The molecule has 1 atom stereocenters. The topological polar surface area (TPSA) is 76.7 Å². The molecule has 0 radical (unpaired) electrons. The van der Waals surface area contributed by atoms with Gasteiger partial charge in [-0.3, -0.25) is 10.1 Å². The van der Waals surface area contributed by atoms with E-state index in [0.29, 0.717) is 16.8 Å². The molecule has 0 spiro atoms. The Morgan fingerprint density at radius 3 is 2.56 bits per heavy atom. The number of rotatable bonds is 7. The van der Waals surface area contributed by atoms with Crippen LogP contribution >= 0.6 is 0 Å². The Morgan fingerprint density at radius 1 is 1.11 bits per heavy atom. The van der Waals surface area contributed by atoms with Crippen molar-refractivity contribution in [2.45, 2.75) is 26.5 Å². The lowest BCUT2D eigenvalue weighted by atomic mass is 10.1. The van der Waals surface area contributed by atoms with Gasteiger partial charge >= 0.3 is 12.7 Å². The van der Waals surface area contributed by atoms with Crippen molar-refractivity contribution in [1.29, 1.82) is 0 Å². The Morgan fingerprint density at radius 2 is 1.85 bits per heavy atom. The second-order valence-electron chi connectivity index (χ2n) is 5.57. The van der Waals surface area contributed by atoms with E-state index in [2.05, 4.69) is 15.4 Å². The smallest absolute Gasteiger partial charge is 0.411 e. The third-order valence-electron chi connectivity index (χ3n) is 3.58. The lowest BCUT2D eigenvalue weighted by Crippen LogP contribution is -2.26. The van der Waals surface area contributed by atoms with E-state index >= 15 is 0 Å². The number of hydrogen-bond donors (Lipinski definition) is 2. The molecule has 0 bridgehead atoms. The molecule has 0 heterocycles. The molecule has 1 unspecified atom stereocenters. The van der Waals surface area contributed by atoms with Crippen LogP contribution < -0.4 is 15.4 Å². The molecule has 144 valence electrons. The van der Waals surface area contributed by atoms with Crippen LogP contribution in [-0.2, 0) is 4.74 Å². The van der Waals surface area contributed by atoms with Gasteiger partial charge in [0.05, 0.1) is 12.6 Å². The number of anilines is 1. The van der Waals surface area contributed by atoms with Gasteiger partial charge in [-0.2, -0.15) is 8.78 Å². The van der Waals surface area contributed by atoms with Crippen molar-refractivity contribution in [2.75, 3.05) is 11.9 Å². The Kier molecular flexibility index (Phi) is 7.10. The number of halogens is 2. The minimum absolute atomic E-state index is 0.0178. The fourth-order valence-corrected chi connectivity index (χ4v) is 2.35. The maximum atomic E-state index is 12.4. The van der Waals surface area contributed by atoms with Crippen LogP contribution in [0.15, 0.2) is 48.5 Å². The zero-order chi connectivity index (χ0) is 19.8. The zero-order valence-corrected chi connectivity index (χ0v) is 14.9. The van der Waals surface area contributed by atoms with Crippen LogP contribution in [0.5, 0.6) is 5.75 Å². The van der Waals surface area contributed by atoms with Crippen LogP contribution in [-0.4, -0.2) is 25.2 Å². The van der Waals surface area contributed by atoms with Crippen LogP contribution in [0.1, 0.15) is 35.8 Å². The fraction of sp³-hybridized carbons (Fsp3) is 0.263. The highest BCUT2D eigenvalue weighted by molar-refractivity contribution is 5.96. The molecule has 0 fully saturated rings. The summed E-state index contributed by atoms with van der Waals surface area (Å²) in [5, 5.41) is 5.29. The van der Waals surface area contributed by atoms with Gasteiger partial charge in [-0.1, -0.05) is 18.2 Å². The largest absolute Gasteiger partial charge is 0.450 e. The average Bonchev–Trinajstić information content (AvgIpc) is 2.61. The summed E-state index contributed by atoms with van der Waals surface area (Å²) < 4.78 is 33.8. The summed E-state index contributed by atoms with van der Waals surface area (Å²) in [5.41, 5.74) is 1.36. The quantitative estimate of drug-likeness (QED) is 0.751. The van der Waals surface area contributed by atoms with Crippen molar-refractivity contribution in [3.8, 4) is 5.75 Å². The van der Waals surface area contributed by atoms with E-state index in [9.17, 15) is 18.4 Å². The number of nitrogens with one attached hydrogen (secondary N) is 2. The molecule has 0 saturated carbocycles. The van der Waals surface area contributed by atoms with Crippen molar-refractivity contribution in [3.05, 3.63) is 59.7 Å². The molecule has 27 heavy (non-hydrogen) atoms. The van der Waals surface area contributed by atoms with Gasteiger partial charge in [-0.25, -0.2) is 4.79 Å². The van der Waals surface area contributed by atoms with E-state index in [1.54, 1.807) is 44.2 Å². The van der Waals surface area contributed by atoms with Crippen molar-refractivity contribution in [2.24, 2.45) is 0 Å². The number of alkyl halides is 2. The maximum Gasteiger partial charge on any atom is 0.411 e. The van der Waals surface area contributed by atoms with Crippen LogP contribution in [0.25, 0.3) is 0 Å². The van der Waals surface area contributed by atoms with E-state index < -0.39 is 18.7 Å². The molecule has 2 amide bonds. The Labute approximate surface area is 155 Å². The Bertz CT molecular complexity index is 799. The van der Waals surface area contributed by atoms with Gasteiger partial charge in [-0.05, 0) is 49.7 Å². The van der Waals surface area contributed by atoms with E-state index in [-0.39, 0.29) is 18.3 Å². The fourth-order valence-electron chi connectivity index (χ4n) is 2.35. The van der Waals surface area contributed by atoms with Gasteiger partial charge in [0.1, 0.15) is 5.75 Å². The predicted molar refractivity (Wildman–Crippen MR) is 96.0 cm³/mol. The van der Waals surface area contributed by atoms with Crippen LogP contribution in [0.2, 0.25) is 0 Å². The monoisotopic (exact) mass is 378 g/mol. The molecule has 8 heteroatoms. The molecule has 6 nitrogen and oxygen atoms in total. The number of amides is 2. The van der Waals surface area contributed by atoms with Gasteiger partial charge in [0.15, 0.2) is 0 Å². The first-order chi connectivity index (χ1) is 12.9. The molecule has 0 aliphatic heterocycles. The second-order valence-corrected chi connectivity index (χ2v) is 5.57. The third kappa shape index (κ3) is 6.25. The van der Waals surface area contributed by atoms with Crippen LogP contribution in [0.3, 0.4) is 0 Å². The Balaban J connectivity index is 2.05. The molecular formula is C19H20F2N2O4.